The quantitative estimate of drug-likeness (QED) is 0.278. The molecule has 0 rings (SSSR count). The summed E-state index contributed by atoms with van der Waals surface area (Å²) in [5, 5.41) is 6.51. The van der Waals surface area contributed by atoms with Gasteiger partial charge in [-0.1, -0.05) is 27.7 Å². The Kier molecular flexibility index (Phi) is 16.1. The summed E-state index contributed by atoms with van der Waals surface area (Å²) >= 11 is 0. The summed E-state index contributed by atoms with van der Waals surface area (Å²) in [4.78, 5) is 4.50. The molecule has 0 unspecified atom stereocenters. The molecule has 4 nitrogen and oxygen atoms in total. The van der Waals surface area contributed by atoms with Gasteiger partial charge in [0.1, 0.15) is 0 Å². The first-order valence-electron chi connectivity index (χ1n) is 7.16. The van der Waals surface area contributed by atoms with Crippen LogP contribution in [-0.4, -0.2) is 38.8 Å². The molecule has 0 fully saturated rings. The van der Waals surface area contributed by atoms with E-state index in [9.17, 15) is 0 Å². The number of nitrogens with zero attached hydrogens (tertiary/aromatic N) is 1. The minimum absolute atomic E-state index is 0. The molecule has 116 valence electrons. The van der Waals surface area contributed by atoms with E-state index in [2.05, 4.69) is 50.2 Å². The fraction of sp³-hybridized carbons (Fsp3) is 0.929. The van der Waals surface area contributed by atoms with Gasteiger partial charge in [0, 0.05) is 26.2 Å². The van der Waals surface area contributed by atoms with Gasteiger partial charge in [-0.25, -0.2) is 0 Å². The molecule has 0 saturated heterocycles. The summed E-state index contributed by atoms with van der Waals surface area (Å²) in [5.41, 5.74) is 0. The van der Waals surface area contributed by atoms with Gasteiger partial charge in [0.15, 0.2) is 5.96 Å². The first kappa shape index (κ1) is 21.3. The summed E-state index contributed by atoms with van der Waals surface area (Å²) < 4.78 is 5.55. The smallest absolute Gasteiger partial charge is 0.191 e. The molecule has 19 heavy (non-hydrogen) atoms. The van der Waals surface area contributed by atoms with Gasteiger partial charge in [0.05, 0.1) is 6.61 Å². The molecule has 0 aliphatic heterocycles. The van der Waals surface area contributed by atoms with Crippen molar-refractivity contribution < 1.29 is 4.74 Å². The zero-order valence-corrected chi connectivity index (χ0v) is 15.5. The fourth-order valence-corrected chi connectivity index (χ4v) is 1.28. The monoisotopic (exact) mass is 385 g/mol. The summed E-state index contributed by atoms with van der Waals surface area (Å²) in [7, 11) is 0. The number of hydrogen-bond acceptors (Lipinski definition) is 2. The number of aliphatic imine (C=N–C) groups is 1. The highest BCUT2D eigenvalue weighted by Crippen LogP contribution is 1.98. The van der Waals surface area contributed by atoms with E-state index < -0.39 is 0 Å². The Hall–Kier alpha value is -0.0400. The molecule has 0 bridgehead atoms. The van der Waals surface area contributed by atoms with Gasteiger partial charge in [0.25, 0.3) is 0 Å². The van der Waals surface area contributed by atoms with Crippen LogP contribution in [0.4, 0.5) is 0 Å². The van der Waals surface area contributed by atoms with Crippen molar-refractivity contribution in [2.24, 2.45) is 16.8 Å². The molecule has 5 heteroatoms. The van der Waals surface area contributed by atoms with E-state index >= 15 is 0 Å². The molecule has 0 saturated carbocycles. The molecule has 0 amide bonds. The van der Waals surface area contributed by atoms with Crippen LogP contribution >= 0.6 is 24.0 Å². The van der Waals surface area contributed by atoms with Crippen molar-refractivity contribution in [2.75, 3.05) is 32.8 Å². The van der Waals surface area contributed by atoms with Gasteiger partial charge in [-0.05, 0) is 25.2 Å². The van der Waals surface area contributed by atoms with E-state index in [1.165, 1.54) is 0 Å². The van der Waals surface area contributed by atoms with E-state index in [-0.39, 0.29) is 24.0 Å². The lowest BCUT2D eigenvalue weighted by molar-refractivity contribution is 0.128. The van der Waals surface area contributed by atoms with Crippen molar-refractivity contribution in [2.45, 2.75) is 41.0 Å². The van der Waals surface area contributed by atoms with Crippen molar-refractivity contribution in [3.8, 4) is 0 Å². The van der Waals surface area contributed by atoms with Gasteiger partial charge >= 0.3 is 0 Å². The minimum atomic E-state index is 0. The third kappa shape index (κ3) is 15.9. The standard InChI is InChI=1S/C14H31N3O.HI/c1-6-15-14(17-11-13(4)5)16-8-10-18-9-7-12(2)3;/h12-13H,6-11H2,1-5H3,(H2,15,16,17);1H. The van der Waals surface area contributed by atoms with Gasteiger partial charge < -0.3 is 15.4 Å². The van der Waals surface area contributed by atoms with Crippen LogP contribution in [0.3, 0.4) is 0 Å². The van der Waals surface area contributed by atoms with Gasteiger partial charge in [-0.15, -0.1) is 24.0 Å². The summed E-state index contributed by atoms with van der Waals surface area (Å²) in [5.74, 6) is 2.18. The maximum atomic E-state index is 5.55. The summed E-state index contributed by atoms with van der Waals surface area (Å²) in [6, 6.07) is 0. The van der Waals surface area contributed by atoms with Crippen molar-refractivity contribution in [1.29, 1.82) is 0 Å². The average Bonchev–Trinajstić information content (AvgIpc) is 2.29. The Labute approximate surface area is 136 Å². The maximum absolute atomic E-state index is 5.55. The van der Waals surface area contributed by atoms with Crippen molar-refractivity contribution in [1.82, 2.24) is 10.6 Å². The normalized spacial score (nSPS) is 11.6. The van der Waals surface area contributed by atoms with Crippen LogP contribution in [0, 0.1) is 11.8 Å². The molecule has 0 atom stereocenters. The highest BCUT2D eigenvalue weighted by molar-refractivity contribution is 14.0. The van der Waals surface area contributed by atoms with Gasteiger partial charge in [-0.3, -0.25) is 4.99 Å². The Morgan fingerprint density at radius 1 is 1.05 bits per heavy atom. The predicted octanol–water partition coefficient (Wildman–Crippen LogP) is 2.88. The van der Waals surface area contributed by atoms with Gasteiger partial charge in [0.2, 0.25) is 0 Å². The number of hydrogen-bond donors (Lipinski definition) is 2. The molecule has 0 radical (unpaired) electrons. The molecule has 0 spiro atoms. The second-order valence-corrected chi connectivity index (χ2v) is 5.34. The van der Waals surface area contributed by atoms with E-state index in [1.54, 1.807) is 0 Å². The topological polar surface area (TPSA) is 45.7 Å². The Morgan fingerprint density at radius 2 is 1.74 bits per heavy atom. The second kappa shape index (κ2) is 14.4. The zero-order valence-electron chi connectivity index (χ0n) is 13.2. The summed E-state index contributed by atoms with van der Waals surface area (Å²) in [6.45, 7) is 15.0. The lowest BCUT2D eigenvalue weighted by Crippen LogP contribution is -2.39. The molecular formula is C14H32IN3O. The van der Waals surface area contributed by atoms with E-state index in [1.807, 2.05) is 0 Å². The highest BCUT2D eigenvalue weighted by Gasteiger charge is 1.98. The molecule has 0 aromatic carbocycles. The minimum Gasteiger partial charge on any atom is -0.380 e. The average molecular weight is 385 g/mol. The van der Waals surface area contributed by atoms with Crippen molar-refractivity contribution in [3.63, 3.8) is 0 Å². The molecular weight excluding hydrogens is 353 g/mol. The summed E-state index contributed by atoms with van der Waals surface area (Å²) in [6.07, 6.45) is 1.13. The molecule has 2 N–H and O–H groups in total. The Bertz CT molecular complexity index is 221. The van der Waals surface area contributed by atoms with E-state index in [4.69, 9.17) is 4.74 Å². The second-order valence-electron chi connectivity index (χ2n) is 5.34. The molecule has 0 aliphatic rings. The van der Waals surface area contributed by atoms with Crippen LogP contribution in [0.2, 0.25) is 0 Å². The lowest BCUT2D eigenvalue weighted by atomic mass is 10.1. The molecule has 0 aromatic rings. The molecule has 0 aromatic heterocycles. The van der Waals surface area contributed by atoms with Crippen LogP contribution < -0.4 is 10.6 Å². The predicted molar refractivity (Wildman–Crippen MR) is 94.5 cm³/mol. The Balaban J connectivity index is 0. The zero-order chi connectivity index (χ0) is 13.8. The number of nitrogens with one attached hydrogen (secondary N) is 2. The van der Waals surface area contributed by atoms with E-state index in [0.29, 0.717) is 11.8 Å². The number of halogens is 1. The lowest BCUT2D eigenvalue weighted by Gasteiger charge is -2.12. The van der Waals surface area contributed by atoms with Gasteiger partial charge in [-0.2, -0.15) is 0 Å². The first-order valence-corrected chi connectivity index (χ1v) is 7.16. The SMILES string of the molecule is CCNC(=NCC(C)C)NCCOCCC(C)C.I. The fourth-order valence-electron chi connectivity index (χ4n) is 1.28. The first-order chi connectivity index (χ1) is 8.56. The highest BCUT2D eigenvalue weighted by atomic mass is 127. The van der Waals surface area contributed by atoms with Crippen LogP contribution in [0.15, 0.2) is 4.99 Å². The molecule has 0 heterocycles. The largest absolute Gasteiger partial charge is 0.380 e. The third-order valence-electron chi connectivity index (χ3n) is 2.34. The number of ether oxygens (including phenoxy) is 1. The van der Waals surface area contributed by atoms with Crippen molar-refractivity contribution in [3.05, 3.63) is 0 Å². The van der Waals surface area contributed by atoms with Crippen LogP contribution in [0.1, 0.15) is 41.0 Å². The third-order valence-corrected chi connectivity index (χ3v) is 2.34. The van der Waals surface area contributed by atoms with Crippen LogP contribution in [0.25, 0.3) is 0 Å². The number of guanidine groups is 1. The van der Waals surface area contributed by atoms with Crippen LogP contribution in [-0.2, 0) is 4.74 Å². The van der Waals surface area contributed by atoms with Crippen molar-refractivity contribution >= 4 is 29.9 Å². The number of rotatable bonds is 9. The molecule has 0 aliphatic carbocycles. The Morgan fingerprint density at radius 3 is 2.26 bits per heavy atom. The van der Waals surface area contributed by atoms with E-state index in [0.717, 1.165) is 45.2 Å². The van der Waals surface area contributed by atoms with Crippen LogP contribution in [0.5, 0.6) is 0 Å². The maximum Gasteiger partial charge on any atom is 0.191 e.